The van der Waals surface area contributed by atoms with Crippen LogP contribution >= 0.6 is 11.6 Å². The van der Waals surface area contributed by atoms with Crippen molar-refractivity contribution in [3.63, 3.8) is 0 Å². The number of amides is 5. The minimum atomic E-state index is -0.982. The molecule has 56 heavy (non-hydrogen) atoms. The van der Waals surface area contributed by atoms with Crippen molar-refractivity contribution in [2.24, 2.45) is 11.3 Å². The van der Waals surface area contributed by atoms with E-state index in [-0.39, 0.29) is 24.2 Å². The van der Waals surface area contributed by atoms with Gasteiger partial charge in [-0.1, -0.05) is 29.8 Å². The number of piperazine rings is 1. The highest BCUT2D eigenvalue weighted by Crippen LogP contribution is 2.43. The molecule has 5 amide bonds. The van der Waals surface area contributed by atoms with E-state index in [1.165, 1.54) is 0 Å². The molecule has 0 saturated carbocycles. The molecule has 6 aliphatic rings. The van der Waals surface area contributed by atoms with Crippen molar-refractivity contribution in [2.75, 3.05) is 86.7 Å². The molecule has 1 spiro atoms. The summed E-state index contributed by atoms with van der Waals surface area (Å²) in [6, 6.07) is 18.0. The summed E-state index contributed by atoms with van der Waals surface area (Å²) in [4.78, 5) is 80.7. The molecule has 2 unspecified atom stereocenters. The van der Waals surface area contributed by atoms with E-state index in [2.05, 4.69) is 35.8 Å². The maximum Gasteiger partial charge on any atom is 0.264 e. The van der Waals surface area contributed by atoms with Crippen LogP contribution in [-0.4, -0.2) is 122 Å². The Morgan fingerprint density at radius 1 is 0.839 bits per heavy atom. The van der Waals surface area contributed by atoms with Gasteiger partial charge in [0.1, 0.15) is 6.04 Å². The molecule has 0 aromatic heterocycles. The fourth-order valence-electron chi connectivity index (χ4n) is 9.59. The number of nitrogens with zero attached hydrogens (tertiary/aromatic N) is 7. The molecule has 5 saturated heterocycles. The van der Waals surface area contributed by atoms with E-state index in [1.54, 1.807) is 18.2 Å². The number of carbonyl (C=O) groups excluding carboxylic acids is 5. The van der Waals surface area contributed by atoms with Crippen LogP contribution in [0, 0.1) is 17.9 Å². The molecule has 0 aliphatic carbocycles. The van der Waals surface area contributed by atoms with Crippen LogP contribution in [0.4, 0.5) is 22.7 Å². The second-order valence-corrected chi connectivity index (χ2v) is 16.6. The number of hydrogen-bond donors (Lipinski definition) is 1. The third kappa shape index (κ3) is 6.44. The van der Waals surface area contributed by atoms with Crippen LogP contribution in [-0.2, 0) is 9.59 Å². The minimum absolute atomic E-state index is 0.0581. The van der Waals surface area contributed by atoms with Crippen LogP contribution < -0.4 is 20.0 Å². The maximum absolute atomic E-state index is 13.8. The number of piperidine rings is 1. The number of fused-ring (bicyclic) bond motifs is 1. The van der Waals surface area contributed by atoms with Crippen LogP contribution in [0.1, 0.15) is 56.8 Å². The Bertz CT molecular complexity index is 2190. The molecule has 9 rings (SSSR count). The molecule has 3 aromatic carbocycles. The summed E-state index contributed by atoms with van der Waals surface area (Å²) in [5, 5.41) is 2.73. The monoisotopic (exact) mass is 774 g/mol. The third-order valence-corrected chi connectivity index (χ3v) is 13.0. The Morgan fingerprint density at radius 2 is 1.61 bits per heavy atom. The molecule has 5 fully saturated rings. The minimum Gasteiger partial charge on any atom is -0.371 e. The summed E-state index contributed by atoms with van der Waals surface area (Å²) < 4.78 is 0. The first-order valence-corrected chi connectivity index (χ1v) is 19.9. The van der Waals surface area contributed by atoms with Crippen molar-refractivity contribution in [1.29, 1.82) is 0 Å². The van der Waals surface area contributed by atoms with Gasteiger partial charge in [-0.3, -0.25) is 39.1 Å². The Kier molecular flexibility index (Phi) is 9.21. The topological polar surface area (TPSA) is 121 Å². The lowest BCUT2D eigenvalue weighted by Gasteiger charge is -2.45. The Balaban J connectivity index is 0.763. The smallest absolute Gasteiger partial charge is 0.264 e. The fraction of sp³-hybridized carbons (Fsp3) is 0.429. The van der Waals surface area contributed by atoms with Crippen LogP contribution in [0.15, 0.2) is 60.7 Å². The van der Waals surface area contributed by atoms with E-state index in [9.17, 15) is 24.0 Å². The van der Waals surface area contributed by atoms with Crippen LogP contribution in [0.2, 0.25) is 5.02 Å². The Hall–Kier alpha value is -5.45. The molecule has 6 aliphatic heterocycles. The number of rotatable bonds is 7. The van der Waals surface area contributed by atoms with E-state index in [1.807, 2.05) is 41.3 Å². The molecular weight excluding hydrogens is 732 g/mol. The van der Waals surface area contributed by atoms with Crippen LogP contribution in [0.25, 0.3) is 4.85 Å². The van der Waals surface area contributed by atoms with Gasteiger partial charge in [0, 0.05) is 112 Å². The van der Waals surface area contributed by atoms with E-state index >= 15 is 0 Å². The highest BCUT2D eigenvalue weighted by Gasteiger charge is 2.47. The molecule has 6 heterocycles. The lowest BCUT2D eigenvalue weighted by atomic mass is 9.86. The van der Waals surface area contributed by atoms with Gasteiger partial charge in [0.2, 0.25) is 17.5 Å². The SMILES string of the molecule is [C-]#[N+]c1ccc(N2CCC3(CCN(C(=O)c4cccc(N5CCN(CC6CN(c7cccc8c7C(=O)N(C7CCC(=O)NC7=O)C8=O)C6)CC5)c4)C3)C2)cc1Cl. The average Bonchev–Trinajstić information content (AvgIpc) is 3.88. The highest BCUT2D eigenvalue weighted by molar-refractivity contribution is 6.33. The van der Waals surface area contributed by atoms with Gasteiger partial charge >= 0.3 is 0 Å². The van der Waals surface area contributed by atoms with Gasteiger partial charge in [-0.05, 0) is 61.7 Å². The van der Waals surface area contributed by atoms with E-state index in [0.29, 0.717) is 27.8 Å². The number of nitrogens with one attached hydrogen (secondary N) is 1. The third-order valence-electron chi connectivity index (χ3n) is 12.7. The number of benzene rings is 3. The number of imide groups is 2. The summed E-state index contributed by atoms with van der Waals surface area (Å²) in [6.45, 7) is 16.5. The summed E-state index contributed by atoms with van der Waals surface area (Å²) >= 11 is 6.34. The molecule has 288 valence electrons. The van der Waals surface area contributed by atoms with E-state index < -0.39 is 29.7 Å². The van der Waals surface area contributed by atoms with Gasteiger partial charge in [-0.15, -0.1) is 0 Å². The predicted molar refractivity (Wildman–Crippen MR) is 211 cm³/mol. The van der Waals surface area contributed by atoms with Gasteiger partial charge in [0.05, 0.1) is 23.4 Å². The summed E-state index contributed by atoms with van der Waals surface area (Å²) in [7, 11) is 0. The van der Waals surface area contributed by atoms with Gasteiger partial charge in [-0.25, -0.2) is 4.85 Å². The first-order valence-electron chi connectivity index (χ1n) is 19.5. The number of likely N-dealkylation sites (tertiary alicyclic amines) is 1. The Labute approximate surface area is 330 Å². The second-order valence-electron chi connectivity index (χ2n) is 16.2. The normalized spacial score (nSPS) is 24.2. The standard InChI is InChI=1S/C42H43ClN8O5/c1-44-33-9-8-30(21-32(33)43)48-14-12-42(25-48)13-15-49(26-42)39(54)28-4-2-5-29(20-28)47-18-16-46(17-19-47)22-27-23-50(24-27)34-7-3-6-31-37(34)41(56)51(40(31)55)35-10-11-36(52)45-38(35)53/h2-9,20-21,27,35H,10-19,22-26H2,(H,45,52,53). The second kappa shape index (κ2) is 14.2. The molecule has 0 radical (unpaired) electrons. The van der Waals surface area contributed by atoms with Crippen molar-refractivity contribution in [2.45, 2.75) is 31.7 Å². The van der Waals surface area contributed by atoms with Crippen LogP contribution in [0.5, 0.6) is 0 Å². The zero-order valence-electron chi connectivity index (χ0n) is 31.1. The van der Waals surface area contributed by atoms with Gasteiger partial charge < -0.3 is 19.6 Å². The first kappa shape index (κ1) is 36.2. The van der Waals surface area contributed by atoms with E-state index in [4.69, 9.17) is 18.2 Å². The molecule has 1 N–H and O–H groups in total. The summed E-state index contributed by atoms with van der Waals surface area (Å²) in [5.74, 6) is -1.47. The van der Waals surface area contributed by atoms with Gasteiger partial charge in [0.15, 0.2) is 0 Å². The molecule has 0 bridgehead atoms. The lowest BCUT2D eigenvalue weighted by molar-refractivity contribution is -0.136. The highest BCUT2D eigenvalue weighted by atomic mass is 35.5. The number of carbonyl (C=O) groups is 5. The molecule has 2 atom stereocenters. The fourth-order valence-corrected chi connectivity index (χ4v) is 9.81. The first-order chi connectivity index (χ1) is 27.1. The van der Waals surface area contributed by atoms with Crippen molar-refractivity contribution in [1.82, 2.24) is 20.0 Å². The predicted octanol–water partition coefficient (Wildman–Crippen LogP) is 4.29. The van der Waals surface area contributed by atoms with Crippen molar-refractivity contribution < 1.29 is 24.0 Å². The van der Waals surface area contributed by atoms with Crippen molar-refractivity contribution in [3.05, 3.63) is 93.8 Å². The van der Waals surface area contributed by atoms with Crippen molar-refractivity contribution in [3.8, 4) is 0 Å². The lowest BCUT2D eigenvalue weighted by Crippen LogP contribution is -2.55. The molecular formula is C42H43ClN8O5. The van der Waals surface area contributed by atoms with Gasteiger partial charge in [-0.2, -0.15) is 0 Å². The molecule has 14 heteroatoms. The Morgan fingerprint density at radius 3 is 2.38 bits per heavy atom. The quantitative estimate of drug-likeness (QED) is 0.277. The zero-order valence-corrected chi connectivity index (χ0v) is 31.8. The number of hydrogen-bond acceptors (Lipinski definition) is 9. The maximum atomic E-state index is 13.8. The summed E-state index contributed by atoms with van der Waals surface area (Å²) in [5.41, 5.74) is 4.70. The molecule has 13 nitrogen and oxygen atoms in total. The largest absolute Gasteiger partial charge is 0.371 e. The van der Waals surface area contributed by atoms with Gasteiger partial charge in [0.25, 0.3) is 17.7 Å². The number of anilines is 3. The molecule has 3 aromatic rings. The zero-order chi connectivity index (χ0) is 38.7. The van der Waals surface area contributed by atoms with Crippen molar-refractivity contribution >= 4 is 63.9 Å². The number of halogens is 1. The van der Waals surface area contributed by atoms with Crippen LogP contribution in [0.3, 0.4) is 0 Å². The van der Waals surface area contributed by atoms with E-state index in [0.717, 1.165) is 112 Å². The average molecular weight is 775 g/mol. The summed E-state index contributed by atoms with van der Waals surface area (Å²) in [6.07, 6.45) is 2.21.